The molecule has 0 aromatic heterocycles. The van der Waals surface area contributed by atoms with Crippen LogP contribution in [0.5, 0.6) is 0 Å². The monoisotopic (exact) mass is 255 g/mol. The van der Waals surface area contributed by atoms with E-state index in [1.54, 1.807) is 0 Å². The van der Waals surface area contributed by atoms with Crippen molar-refractivity contribution in [2.24, 2.45) is 0 Å². The molecule has 0 fully saturated rings. The second-order valence-corrected chi connectivity index (χ2v) is 4.25. The Morgan fingerprint density at radius 2 is 2.36 bits per heavy atom. The highest BCUT2D eigenvalue weighted by Gasteiger charge is 2.20. The fourth-order valence-corrected chi connectivity index (χ4v) is 2.17. The summed E-state index contributed by atoms with van der Waals surface area (Å²) in [6.45, 7) is 0.896. The predicted octanol–water partition coefficient (Wildman–Crippen LogP) is 1.90. The minimum absolute atomic E-state index is 0.0919. The van der Waals surface area contributed by atoms with Gasteiger partial charge in [0.25, 0.3) is 0 Å². The summed E-state index contributed by atoms with van der Waals surface area (Å²) in [4.78, 5) is 12.5. The Balaban J connectivity index is 2.26. The van der Waals surface area contributed by atoms with Crippen molar-refractivity contribution in [3.05, 3.63) is 28.2 Å². The maximum absolute atomic E-state index is 10.6. The first-order valence-electron chi connectivity index (χ1n) is 4.42. The van der Waals surface area contributed by atoms with Crippen LogP contribution in [0, 0.1) is 0 Å². The smallest absolute Gasteiger partial charge is 0.323 e. The summed E-state index contributed by atoms with van der Waals surface area (Å²) in [6, 6.07) is 5.96. The molecule has 0 aliphatic carbocycles. The SMILES string of the molecule is O=C(O)CN1CCc2cc(Br)ccc21. The third-order valence-electron chi connectivity index (χ3n) is 2.36. The van der Waals surface area contributed by atoms with E-state index in [0.717, 1.165) is 23.1 Å². The Morgan fingerprint density at radius 3 is 3.07 bits per heavy atom. The second-order valence-electron chi connectivity index (χ2n) is 3.34. The van der Waals surface area contributed by atoms with Gasteiger partial charge in [0.05, 0.1) is 0 Å². The molecule has 74 valence electrons. The standard InChI is InChI=1S/C10H10BrNO2/c11-8-1-2-9-7(5-8)3-4-12(9)6-10(13)14/h1-2,5H,3-4,6H2,(H,13,14). The minimum atomic E-state index is -0.777. The normalized spacial score (nSPS) is 14.2. The van der Waals surface area contributed by atoms with Gasteiger partial charge in [0, 0.05) is 16.7 Å². The first kappa shape index (κ1) is 9.52. The van der Waals surface area contributed by atoms with Gasteiger partial charge in [-0.05, 0) is 30.2 Å². The number of rotatable bonds is 2. The Morgan fingerprint density at radius 1 is 1.57 bits per heavy atom. The molecule has 4 heteroatoms. The van der Waals surface area contributed by atoms with E-state index in [1.807, 2.05) is 17.0 Å². The predicted molar refractivity (Wildman–Crippen MR) is 57.7 cm³/mol. The number of hydrogen-bond donors (Lipinski definition) is 1. The van der Waals surface area contributed by atoms with Crippen LogP contribution in [0.1, 0.15) is 5.56 Å². The highest BCUT2D eigenvalue weighted by Crippen LogP contribution is 2.29. The summed E-state index contributed by atoms with van der Waals surface area (Å²) in [5.74, 6) is -0.777. The molecule has 1 aromatic carbocycles. The van der Waals surface area contributed by atoms with Gasteiger partial charge in [-0.25, -0.2) is 0 Å². The van der Waals surface area contributed by atoms with Crippen LogP contribution in [-0.2, 0) is 11.2 Å². The van der Waals surface area contributed by atoms with Gasteiger partial charge >= 0.3 is 5.97 Å². The van der Waals surface area contributed by atoms with Crippen molar-refractivity contribution in [1.29, 1.82) is 0 Å². The molecular weight excluding hydrogens is 246 g/mol. The van der Waals surface area contributed by atoms with Gasteiger partial charge in [0.1, 0.15) is 6.54 Å². The van der Waals surface area contributed by atoms with Crippen LogP contribution in [0.2, 0.25) is 0 Å². The largest absolute Gasteiger partial charge is 0.480 e. The minimum Gasteiger partial charge on any atom is -0.480 e. The number of halogens is 1. The first-order valence-corrected chi connectivity index (χ1v) is 5.21. The number of nitrogens with zero attached hydrogens (tertiary/aromatic N) is 1. The quantitative estimate of drug-likeness (QED) is 0.878. The molecule has 0 spiro atoms. The zero-order chi connectivity index (χ0) is 10.1. The molecule has 1 N–H and O–H groups in total. The van der Waals surface area contributed by atoms with Crippen molar-refractivity contribution in [3.8, 4) is 0 Å². The van der Waals surface area contributed by atoms with E-state index >= 15 is 0 Å². The lowest BCUT2D eigenvalue weighted by Gasteiger charge is -2.16. The molecule has 0 radical (unpaired) electrons. The molecule has 14 heavy (non-hydrogen) atoms. The van der Waals surface area contributed by atoms with Crippen LogP contribution in [0.25, 0.3) is 0 Å². The summed E-state index contributed by atoms with van der Waals surface area (Å²) in [6.07, 6.45) is 0.933. The number of carboxylic acid groups (broad SMARTS) is 1. The van der Waals surface area contributed by atoms with Gasteiger partial charge in [-0.15, -0.1) is 0 Å². The van der Waals surface area contributed by atoms with E-state index in [-0.39, 0.29) is 6.54 Å². The first-order chi connectivity index (χ1) is 6.66. The van der Waals surface area contributed by atoms with Crippen molar-refractivity contribution in [2.75, 3.05) is 18.0 Å². The van der Waals surface area contributed by atoms with Crippen LogP contribution in [0.4, 0.5) is 5.69 Å². The number of benzene rings is 1. The highest BCUT2D eigenvalue weighted by atomic mass is 79.9. The fourth-order valence-electron chi connectivity index (χ4n) is 1.77. The third kappa shape index (κ3) is 1.75. The van der Waals surface area contributed by atoms with Gasteiger partial charge in [-0.1, -0.05) is 15.9 Å². The summed E-state index contributed by atoms with van der Waals surface area (Å²) in [5.41, 5.74) is 2.27. The number of carbonyl (C=O) groups is 1. The zero-order valence-corrected chi connectivity index (χ0v) is 9.12. The van der Waals surface area contributed by atoms with Crippen LogP contribution in [0.15, 0.2) is 22.7 Å². The van der Waals surface area contributed by atoms with Crippen molar-refractivity contribution < 1.29 is 9.90 Å². The molecule has 0 amide bonds. The van der Waals surface area contributed by atoms with Gasteiger partial charge in [-0.3, -0.25) is 4.79 Å². The number of aliphatic carboxylic acids is 1. The molecule has 1 aliphatic rings. The topological polar surface area (TPSA) is 40.5 Å². The summed E-state index contributed by atoms with van der Waals surface area (Å²) >= 11 is 3.40. The molecule has 3 nitrogen and oxygen atoms in total. The molecule has 1 aliphatic heterocycles. The Bertz CT molecular complexity index is 378. The van der Waals surface area contributed by atoms with Crippen molar-refractivity contribution in [1.82, 2.24) is 0 Å². The third-order valence-corrected chi connectivity index (χ3v) is 2.85. The van der Waals surface area contributed by atoms with E-state index in [9.17, 15) is 4.79 Å². The van der Waals surface area contributed by atoms with Gasteiger partial charge < -0.3 is 10.0 Å². The number of anilines is 1. The Labute approximate surface area is 90.5 Å². The maximum atomic E-state index is 10.6. The fraction of sp³-hybridized carbons (Fsp3) is 0.300. The van der Waals surface area contributed by atoms with E-state index in [1.165, 1.54) is 5.56 Å². The lowest BCUT2D eigenvalue weighted by molar-refractivity contribution is -0.135. The van der Waals surface area contributed by atoms with Gasteiger partial charge in [0.2, 0.25) is 0 Å². The van der Waals surface area contributed by atoms with E-state index < -0.39 is 5.97 Å². The van der Waals surface area contributed by atoms with E-state index in [2.05, 4.69) is 22.0 Å². The van der Waals surface area contributed by atoms with Crippen LogP contribution < -0.4 is 4.90 Å². The number of fused-ring (bicyclic) bond motifs is 1. The van der Waals surface area contributed by atoms with Crippen molar-refractivity contribution in [3.63, 3.8) is 0 Å². The van der Waals surface area contributed by atoms with Crippen LogP contribution in [-0.4, -0.2) is 24.2 Å². The van der Waals surface area contributed by atoms with Crippen LogP contribution in [0.3, 0.4) is 0 Å². The number of hydrogen-bond acceptors (Lipinski definition) is 2. The Hall–Kier alpha value is -1.03. The molecule has 1 heterocycles. The second kappa shape index (κ2) is 3.61. The lowest BCUT2D eigenvalue weighted by Crippen LogP contribution is -2.27. The highest BCUT2D eigenvalue weighted by molar-refractivity contribution is 9.10. The maximum Gasteiger partial charge on any atom is 0.323 e. The molecular formula is C10H10BrNO2. The molecule has 0 saturated carbocycles. The summed E-state index contributed by atoms with van der Waals surface area (Å²) < 4.78 is 1.05. The molecule has 2 rings (SSSR count). The average Bonchev–Trinajstić information content (AvgIpc) is 2.47. The number of carboxylic acids is 1. The summed E-state index contributed by atoms with van der Waals surface area (Å²) in [7, 11) is 0. The van der Waals surface area contributed by atoms with Crippen molar-refractivity contribution in [2.45, 2.75) is 6.42 Å². The molecule has 0 bridgehead atoms. The summed E-state index contributed by atoms with van der Waals surface area (Å²) in [5, 5.41) is 8.70. The Kier molecular flexibility index (Phi) is 2.46. The van der Waals surface area contributed by atoms with Crippen LogP contribution >= 0.6 is 15.9 Å². The zero-order valence-electron chi connectivity index (χ0n) is 7.53. The molecule has 1 aromatic rings. The van der Waals surface area contributed by atoms with Crippen molar-refractivity contribution >= 4 is 27.6 Å². The molecule has 0 atom stereocenters. The van der Waals surface area contributed by atoms with Gasteiger partial charge in [-0.2, -0.15) is 0 Å². The van der Waals surface area contributed by atoms with E-state index in [0.29, 0.717) is 0 Å². The average molecular weight is 256 g/mol. The molecule has 0 unspecified atom stereocenters. The van der Waals surface area contributed by atoms with Gasteiger partial charge in [0.15, 0.2) is 0 Å². The van der Waals surface area contributed by atoms with E-state index in [4.69, 9.17) is 5.11 Å². The molecule has 0 saturated heterocycles. The lowest BCUT2D eigenvalue weighted by atomic mass is 10.2.